The van der Waals surface area contributed by atoms with Crippen LogP contribution in [0.3, 0.4) is 0 Å². The summed E-state index contributed by atoms with van der Waals surface area (Å²) < 4.78 is 19.0. The first-order valence-electron chi connectivity index (χ1n) is 26.5. The fraction of sp³-hybridized carbons (Fsp3) is 0.818. The van der Waals surface area contributed by atoms with E-state index >= 15 is 0 Å². The molecular formula is C55H87N3O10. The van der Waals surface area contributed by atoms with Crippen molar-refractivity contribution in [3.05, 3.63) is 34.4 Å². The van der Waals surface area contributed by atoms with Crippen LogP contribution in [0, 0.1) is 0 Å². The summed E-state index contributed by atoms with van der Waals surface area (Å²) >= 11 is 0. The molecule has 0 radical (unpaired) electrons. The van der Waals surface area contributed by atoms with Gasteiger partial charge in [0.1, 0.15) is 18.3 Å². The number of nitrogens with zero attached hydrogens (tertiary/aromatic N) is 3. The average Bonchev–Trinajstić information content (AvgIpc) is 3.24. The minimum absolute atomic E-state index is 0.0677. The van der Waals surface area contributed by atoms with E-state index in [4.69, 9.17) is 28.7 Å². The lowest BCUT2D eigenvalue weighted by molar-refractivity contribution is -0.317. The molecule has 13 nitrogen and oxygen atoms in total. The van der Waals surface area contributed by atoms with Crippen LogP contribution in [0.1, 0.15) is 259 Å². The van der Waals surface area contributed by atoms with Crippen LogP contribution in [0.4, 0.5) is 0 Å². The molecule has 3 heterocycles. The molecule has 68 heavy (non-hydrogen) atoms. The van der Waals surface area contributed by atoms with Crippen molar-refractivity contribution < 1.29 is 47.9 Å². The predicted molar refractivity (Wildman–Crippen MR) is 261 cm³/mol. The number of rotatable bonds is 13. The molecule has 0 bridgehead atoms. The average molecular weight is 950 g/mol. The van der Waals surface area contributed by atoms with Crippen LogP contribution < -0.4 is 0 Å². The Hall–Kier alpha value is -2.94. The maximum Gasteiger partial charge on any atom is 0.339 e. The van der Waals surface area contributed by atoms with Gasteiger partial charge < -0.3 is 14.2 Å². The molecule has 3 aliphatic carbocycles. The normalized spacial score (nSPS) is 26.8. The quantitative estimate of drug-likeness (QED) is 0.106. The molecule has 6 fully saturated rings. The molecule has 6 aliphatic rings. The number of hydroxylamine groups is 6. The Bertz CT molecular complexity index is 1900. The van der Waals surface area contributed by atoms with E-state index in [0.717, 1.165) is 77.0 Å². The molecule has 0 spiro atoms. The fourth-order valence-electron chi connectivity index (χ4n) is 13.5. The second-order valence-corrected chi connectivity index (χ2v) is 25.3. The van der Waals surface area contributed by atoms with Crippen molar-refractivity contribution in [3.63, 3.8) is 0 Å². The van der Waals surface area contributed by atoms with Crippen molar-refractivity contribution in [2.45, 2.75) is 288 Å². The zero-order valence-corrected chi connectivity index (χ0v) is 44.0. The molecule has 3 aliphatic heterocycles. The summed E-state index contributed by atoms with van der Waals surface area (Å²) in [6.45, 7) is 25.3. The van der Waals surface area contributed by atoms with E-state index in [2.05, 4.69) is 98.3 Å². The summed E-state index contributed by atoms with van der Waals surface area (Å²) in [6.07, 6.45) is 19.1. The van der Waals surface area contributed by atoms with Gasteiger partial charge in [-0.3, -0.25) is 19.3 Å². The first kappa shape index (κ1) is 52.9. The van der Waals surface area contributed by atoms with E-state index in [0.29, 0.717) is 44.8 Å². The van der Waals surface area contributed by atoms with Gasteiger partial charge in [-0.05, 0) is 134 Å². The van der Waals surface area contributed by atoms with E-state index in [1.165, 1.54) is 31.4 Å². The summed E-state index contributed by atoms with van der Waals surface area (Å²) in [5.41, 5.74) is -3.33. The van der Waals surface area contributed by atoms with Gasteiger partial charge in [0.05, 0.1) is 35.0 Å². The Kier molecular flexibility index (Phi) is 16.1. The van der Waals surface area contributed by atoms with Crippen molar-refractivity contribution in [2.75, 3.05) is 0 Å². The van der Waals surface area contributed by atoms with Crippen molar-refractivity contribution in [1.29, 1.82) is 0 Å². The fourth-order valence-corrected chi connectivity index (χ4v) is 13.5. The van der Waals surface area contributed by atoms with Gasteiger partial charge in [0.2, 0.25) is 0 Å². The van der Waals surface area contributed by atoms with Crippen LogP contribution in [0.5, 0.6) is 0 Å². The van der Waals surface area contributed by atoms with Crippen molar-refractivity contribution >= 4 is 24.2 Å². The number of ether oxygens (including phenoxy) is 3. The molecule has 3 saturated heterocycles. The molecule has 3 saturated carbocycles. The molecule has 0 aromatic heterocycles. The SMILES string of the molecule is CC1(C)CC(OC(=O)c2cc(C(=O)OC3CC(C)(C)N(OC4CCCCC4)C(C)(C)C3)c(C(=O)OC3CC(C)(C)N(OC4CCCCC4)C(C)(C)C3)cc2C=O)CC(C)(C)N1OC1CCCCC1. The van der Waals surface area contributed by atoms with E-state index in [1.54, 1.807) is 0 Å². The topological polar surface area (TPSA) is 133 Å². The Labute approximate surface area is 408 Å². The zero-order chi connectivity index (χ0) is 49.5. The molecule has 382 valence electrons. The summed E-state index contributed by atoms with van der Waals surface area (Å²) in [5.74, 6) is -2.28. The first-order valence-corrected chi connectivity index (χ1v) is 26.5. The van der Waals surface area contributed by atoms with Crippen molar-refractivity contribution in [2.24, 2.45) is 0 Å². The maximum absolute atomic E-state index is 14.8. The predicted octanol–water partition coefficient (Wildman–Crippen LogP) is 11.8. The van der Waals surface area contributed by atoms with Crippen LogP contribution in [0.25, 0.3) is 0 Å². The second kappa shape index (κ2) is 20.7. The van der Waals surface area contributed by atoms with E-state index in [1.807, 2.05) is 0 Å². The molecule has 0 atom stereocenters. The summed E-state index contributed by atoms with van der Waals surface area (Å²) in [6, 6.07) is 2.62. The number of piperidine rings is 3. The highest BCUT2D eigenvalue weighted by molar-refractivity contribution is 6.08. The Morgan fingerprint density at radius 1 is 0.397 bits per heavy atom. The lowest BCUT2D eigenvalue weighted by Gasteiger charge is -2.54. The molecule has 0 N–H and O–H groups in total. The minimum atomic E-state index is -0.770. The van der Waals surface area contributed by atoms with E-state index in [9.17, 15) is 19.2 Å². The lowest BCUT2D eigenvalue weighted by Crippen LogP contribution is -2.63. The van der Waals surface area contributed by atoms with Gasteiger partial charge in [0.25, 0.3) is 0 Å². The largest absolute Gasteiger partial charge is 0.459 e. The Morgan fingerprint density at radius 2 is 0.647 bits per heavy atom. The number of aldehydes is 1. The third-order valence-electron chi connectivity index (χ3n) is 15.9. The van der Waals surface area contributed by atoms with Crippen LogP contribution in [0.15, 0.2) is 12.1 Å². The van der Waals surface area contributed by atoms with Gasteiger partial charge in [-0.2, -0.15) is 15.2 Å². The number of hydrogen-bond acceptors (Lipinski definition) is 13. The third-order valence-corrected chi connectivity index (χ3v) is 15.9. The second-order valence-electron chi connectivity index (χ2n) is 25.3. The lowest BCUT2D eigenvalue weighted by atomic mass is 9.80. The smallest absolute Gasteiger partial charge is 0.339 e. The summed E-state index contributed by atoms with van der Waals surface area (Å²) in [7, 11) is 0. The van der Waals surface area contributed by atoms with Crippen molar-refractivity contribution in [1.82, 2.24) is 15.2 Å². The number of carbonyl (C=O) groups is 4. The highest BCUT2D eigenvalue weighted by Gasteiger charge is 2.52. The van der Waals surface area contributed by atoms with Gasteiger partial charge in [0.15, 0.2) is 6.29 Å². The van der Waals surface area contributed by atoms with Crippen LogP contribution in [-0.2, 0) is 28.7 Å². The third kappa shape index (κ3) is 12.2. The molecule has 0 unspecified atom stereocenters. The standard InChI is InChI=1S/C55H87N3O10/c1-50(2)30-41(31-51(3,4)56(50)66-38-22-16-13-17-23-38)63-47(60)44-29-46(49(62)65-43-34-54(9,10)58(55(11,12)35-43)68-40-26-20-15-21-27-40)45(28-37(44)36-59)48(61)64-42-32-52(5,6)57(53(7,8)33-42)67-39-24-18-14-19-25-39/h28-29,36,38-43H,13-27,30-35H2,1-12H3. The van der Waals surface area contributed by atoms with E-state index in [-0.39, 0.29) is 40.6 Å². The molecule has 1 aromatic rings. The molecule has 13 heteroatoms. The zero-order valence-electron chi connectivity index (χ0n) is 44.0. The van der Waals surface area contributed by atoms with Gasteiger partial charge in [0, 0.05) is 77.3 Å². The maximum atomic E-state index is 14.8. The van der Waals surface area contributed by atoms with Crippen LogP contribution >= 0.6 is 0 Å². The first-order chi connectivity index (χ1) is 31.8. The molecular weight excluding hydrogens is 863 g/mol. The summed E-state index contributed by atoms with van der Waals surface area (Å²) in [5, 5.41) is 6.33. The van der Waals surface area contributed by atoms with Gasteiger partial charge in [-0.15, -0.1) is 0 Å². The monoisotopic (exact) mass is 950 g/mol. The van der Waals surface area contributed by atoms with Crippen LogP contribution in [0.2, 0.25) is 0 Å². The molecule has 7 rings (SSSR count). The number of esters is 3. The van der Waals surface area contributed by atoms with E-state index < -0.39 is 69.5 Å². The number of benzene rings is 1. The van der Waals surface area contributed by atoms with Gasteiger partial charge in [-0.1, -0.05) is 57.8 Å². The summed E-state index contributed by atoms with van der Waals surface area (Å²) in [4.78, 5) is 76.9. The number of hydrogen-bond donors (Lipinski definition) is 0. The minimum Gasteiger partial charge on any atom is -0.459 e. The van der Waals surface area contributed by atoms with Crippen LogP contribution in [-0.4, -0.2) is 109 Å². The Morgan fingerprint density at radius 3 is 0.912 bits per heavy atom. The number of carbonyl (C=O) groups excluding carboxylic acids is 4. The highest BCUT2D eigenvalue weighted by atomic mass is 16.7. The molecule has 0 amide bonds. The highest BCUT2D eigenvalue weighted by Crippen LogP contribution is 2.45. The Balaban J connectivity index is 1.14. The van der Waals surface area contributed by atoms with Gasteiger partial charge in [-0.25, -0.2) is 14.4 Å². The molecule has 1 aromatic carbocycles. The van der Waals surface area contributed by atoms with Gasteiger partial charge >= 0.3 is 17.9 Å². The van der Waals surface area contributed by atoms with Crippen molar-refractivity contribution in [3.8, 4) is 0 Å².